The van der Waals surface area contributed by atoms with Gasteiger partial charge in [0.25, 0.3) is 0 Å². The molecule has 1 saturated heterocycles. The summed E-state index contributed by atoms with van der Waals surface area (Å²) in [5.74, 6) is 0.865. The summed E-state index contributed by atoms with van der Waals surface area (Å²) in [6, 6.07) is 8.02. The lowest BCUT2D eigenvalue weighted by Crippen LogP contribution is -2.60. The van der Waals surface area contributed by atoms with Gasteiger partial charge in [-0.15, -0.1) is 0 Å². The minimum Gasteiger partial charge on any atom is -0.316 e. The van der Waals surface area contributed by atoms with Crippen LogP contribution in [0.1, 0.15) is 28.8 Å². The lowest BCUT2D eigenvalue weighted by Gasteiger charge is -2.54. The number of benzene rings is 1. The Hall–Kier alpha value is -1.15. The molecule has 1 aromatic rings. The second-order valence-electron chi connectivity index (χ2n) is 5.44. The van der Waals surface area contributed by atoms with Crippen molar-refractivity contribution in [2.45, 2.75) is 19.3 Å². The molecule has 2 nitrogen and oxygen atoms in total. The Balaban J connectivity index is 1.56. The van der Waals surface area contributed by atoms with E-state index in [2.05, 4.69) is 17.4 Å². The number of carbonyl (C=O) groups excluding carboxylic acids is 1. The van der Waals surface area contributed by atoms with Crippen molar-refractivity contribution in [2.24, 2.45) is 11.3 Å². The Morgan fingerprint density at radius 3 is 2.44 bits per heavy atom. The molecular weight excluding hydrogens is 198 g/mol. The van der Waals surface area contributed by atoms with Crippen LogP contribution in [0.2, 0.25) is 0 Å². The van der Waals surface area contributed by atoms with E-state index < -0.39 is 0 Å². The third-order valence-electron chi connectivity index (χ3n) is 4.08. The summed E-state index contributed by atoms with van der Waals surface area (Å²) in [6.45, 7) is 2.46. The van der Waals surface area contributed by atoms with Gasteiger partial charge in [0, 0.05) is 18.7 Å². The highest BCUT2D eigenvalue weighted by molar-refractivity contribution is 5.74. The van der Waals surface area contributed by atoms with E-state index in [0.29, 0.717) is 5.41 Å². The van der Waals surface area contributed by atoms with Crippen molar-refractivity contribution >= 4 is 6.29 Å². The fourth-order valence-electron chi connectivity index (χ4n) is 3.14. The standard InChI is InChI=1S/C14H17NO/c16-8-12-3-1-11(2-4-12)5-13-6-14(7-13)9-15-10-14/h1-4,8,13,15H,5-7,9-10H2. The first-order valence-corrected chi connectivity index (χ1v) is 6.05. The molecule has 0 unspecified atom stereocenters. The van der Waals surface area contributed by atoms with Crippen LogP contribution in [0.5, 0.6) is 0 Å². The van der Waals surface area contributed by atoms with Gasteiger partial charge in [-0.05, 0) is 36.2 Å². The van der Waals surface area contributed by atoms with Gasteiger partial charge in [0.15, 0.2) is 0 Å². The monoisotopic (exact) mass is 215 g/mol. The normalized spacial score (nSPS) is 22.5. The third kappa shape index (κ3) is 1.67. The number of aldehydes is 1. The average Bonchev–Trinajstić information content (AvgIpc) is 2.21. The molecular formula is C14H17NO. The van der Waals surface area contributed by atoms with Crippen molar-refractivity contribution < 1.29 is 4.79 Å². The predicted molar refractivity (Wildman–Crippen MR) is 63.6 cm³/mol. The zero-order valence-electron chi connectivity index (χ0n) is 9.41. The van der Waals surface area contributed by atoms with E-state index in [1.54, 1.807) is 0 Å². The first kappa shape index (κ1) is 10.0. The van der Waals surface area contributed by atoms with Gasteiger partial charge in [-0.25, -0.2) is 0 Å². The molecule has 2 fully saturated rings. The van der Waals surface area contributed by atoms with Gasteiger partial charge in [0.1, 0.15) is 6.29 Å². The van der Waals surface area contributed by atoms with Gasteiger partial charge < -0.3 is 5.32 Å². The van der Waals surface area contributed by atoms with Crippen molar-refractivity contribution in [1.82, 2.24) is 5.32 Å². The zero-order chi connectivity index (χ0) is 11.0. The highest BCUT2D eigenvalue weighted by atomic mass is 16.1. The van der Waals surface area contributed by atoms with E-state index in [-0.39, 0.29) is 0 Å². The summed E-state index contributed by atoms with van der Waals surface area (Å²) in [6.07, 6.45) is 4.86. The lowest BCUT2D eigenvalue weighted by atomic mass is 9.57. The fraction of sp³-hybridized carbons (Fsp3) is 0.500. The molecule has 1 aromatic carbocycles. The summed E-state index contributed by atoms with van der Waals surface area (Å²) in [4.78, 5) is 10.5. The number of nitrogens with one attached hydrogen (secondary N) is 1. The van der Waals surface area contributed by atoms with Crippen LogP contribution >= 0.6 is 0 Å². The second kappa shape index (κ2) is 3.70. The molecule has 1 heterocycles. The Morgan fingerprint density at radius 1 is 1.25 bits per heavy atom. The van der Waals surface area contributed by atoms with Crippen LogP contribution in [-0.4, -0.2) is 19.4 Å². The molecule has 1 aliphatic heterocycles. The van der Waals surface area contributed by atoms with Gasteiger partial charge >= 0.3 is 0 Å². The first-order chi connectivity index (χ1) is 7.80. The Bertz CT molecular complexity index is 384. The molecule has 2 aliphatic rings. The highest BCUT2D eigenvalue weighted by Gasteiger charge is 2.47. The quantitative estimate of drug-likeness (QED) is 0.782. The van der Waals surface area contributed by atoms with Crippen LogP contribution < -0.4 is 5.32 Å². The van der Waals surface area contributed by atoms with Crippen LogP contribution in [0.4, 0.5) is 0 Å². The molecule has 3 rings (SSSR count). The molecule has 0 radical (unpaired) electrons. The number of rotatable bonds is 3. The van der Waals surface area contributed by atoms with Crippen molar-refractivity contribution in [3.8, 4) is 0 Å². The van der Waals surface area contributed by atoms with E-state index in [1.165, 1.54) is 37.9 Å². The maximum Gasteiger partial charge on any atom is 0.150 e. The van der Waals surface area contributed by atoms with Gasteiger partial charge in [-0.2, -0.15) is 0 Å². The molecule has 1 N–H and O–H groups in total. The van der Waals surface area contributed by atoms with Gasteiger partial charge in [0.05, 0.1) is 0 Å². The smallest absolute Gasteiger partial charge is 0.150 e. The third-order valence-corrected chi connectivity index (χ3v) is 4.08. The summed E-state index contributed by atoms with van der Waals surface area (Å²) in [5, 5.41) is 3.36. The summed E-state index contributed by atoms with van der Waals surface area (Å²) >= 11 is 0. The molecule has 0 amide bonds. The van der Waals surface area contributed by atoms with Crippen LogP contribution in [-0.2, 0) is 6.42 Å². The molecule has 1 saturated carbocycles. The predicted octanol–water partition coefficient (Wildman–Crippen LogP) is 2.04. The maximum absolute atomic E-state index is 10.5. The number of hydrogen-bond acceptors (Lipinski definition) is 2. The van der Waals surface area contributed by atoms with Gasteiger partial charge in [0.2, 0.25) is 0 Å². The maximum atomic E-state index is 10.5. The number of carbonyl (C=O) groups is 1. The van der Waals surface area contributed by atoms with Crippen molar-refractivity contribution in [1.29, 1.82) is 0 Å². The van der Waals surface area contributed by atoms with Crippen LogP contribution in [0.15, 0.2) is 24.3 Å². The first-order valence-electron chi connectivity index (χ1n) is 6.05. The van der Waals surface area contributed by atoms with Gasteiger partial charge in [-0.3, -0.25) is 4.79 Å². The van der Waals surface area contributed by atoms with E-state index in [1.807, 2.05) is 12.1 Å². The SMILES string of the molecule is O=Cc1ccc(CC2CC3(CNC3)C2)cc1. The van der Waals surface area contributed by atoms with Gasteiger partial charge in [-0.1, -0.05) is 24.3 Å². The summed E-state index contributed by atoms with van der Waals surface area (Å²) < 4.78 is 0. The molecule has 84 valence electrons. The van der Waals surface area contributed by atoms with E-state index in [9.17, 15) is 4.79 Å². The van der Waals surface area contributed by atoms with E-state index in [0.717, 1.165) is 17.8 Å². The van der Waals surface area contributed by atoms with E-state index in [4.69, 9.17) is 0 Å². The van der Waals surface area contributed by atoms with Crippen molar-refractivity contribution in [3.63, 3.8) is 0 Å². The summed E-state index contributed by atoms with van der Waals surface area (Å²) in [7, 11) is 0. The van der Waals surface area contributed by atoms with Crippen LogP contribution in [0.3, 0.4) is 0 Å². The molecule has 2 heteroatoms. The molecule has 0 aromatic heterocycles. The topological polar surface area (TPSA) is 29.1 Å². The molecule has 1 spiro atoms. The Labute approximate surface area is 96.1 Å². The molecule has 16 heavy (non-hydrogen) atoms. The second-order valence-corrected chi connectivity index (χ2v) is 5.44. The Morgan fingerprint density at radius 2 is 1.94 bits per heavy atom. The number of hydrogen-bond donors (Lipinski definition) is 1. The Kier molecular flexibility index (Phi) is 2.32. The average molecular weight is 215 g/mol. The lowest BCUT2D eigenvalue weighted by molar-refractivity contribution is 0.000893. The minimum atomic E-state index is 0.674. The largest absolute Gasteiger partial charge is 0.316 e. The minimum absolute atomic E-state index is 0.674. The van der Waals surface area contributed by atoms with E-state index >= 15 is 0 Å². The van der Waals surface area contributed by atoms with Crippen LogP contribution in [0.25, 0.3) is 0 Å². The van der Waals surface area contributed by atoms with Crippen molar-refractivity contribution in [2.75, 3.05) is 13.1 Å². The fourth-order valence-corrected chi connectivity index (χ4v) is 3.14. The highest BCUT2D eigenvalue weighted by Crippen LogP contribution is 2.49. The molecule has 1 aliphatic carbocycles. The van der Waals surface area contributed by atoms with Crippen molar-refractivity contribution in [3.05, 3.63) is 35.4 Å². The van der Waals surface area contributed by atoms with Crippen LogP contribution in [0, 0.1) is 11.3 Å². The summed E-state index contributed by atoms with van der Waals surface area (Å²) in [5.41, 5.74) is 2.82. The molecule has 0 atom stereocenters. The molecule has 0 bridgehead atoms. The zero-order valence-corrected chi connectivity index (χ0v) is 9.41.